The quantitative estimate of drug-likeness (QED) is 0.358. The molecule has 0 aliphatic rings. The van der Waals surface area contributed by atoms with Crippen molar-refractivity contribution < 1.29 is 0 Å². The van der Waals surface area contributed by atoms with Crippen molar-refractivity contribution in [2.75, 3.05) is 0 Å². The van der Waals surface area contributed by atoms with Gasteiger partial charge < -0.3 is 0 Å². The van der Waals surface area contributed by atoms with Gasteiger partial charge in [0, 0.05) is 52.7 Å². The van der Waals surface area contributed by atoms with Crippen molar-refractivity contribution >= 4 is 0 Å². The van der Waals surface area contributed by atoms with E-state index in [9.17, 15) is 0 Å². The molecule has 5 aromatic rings. The molecule has 5 rings (SSSR count). The van der Waals surface area contributed by atoms with Gasteiger partial charge in [0.2, 0.25) is 0 Å². The number of rotatable bonds is 4. The second-order valence-corrected chi connectivity index (χ2v) is 7.36. The first-order valence-electron chi connectivity index (χ1n) is 10.1. The maximum Gasteiger partial charge on any atom is 0.160 e. The lowest BCUT2D eigenvalue weighted by atomic mass is 10.0. The second kappa shape index (κ2) is 8.28. The van der Waals surface area contributed by atoms with Gasteiger partial charge in [-0.15, -0.1) is 0 Å². The molecule has 31 heavy (non-hydrogen) atoms. The highest BCUT2D eigenvalue weighted by Gasteiger charge is 2.09. The minimum atomic E-state index is 0.715. The van der Waals surface area contributed by atoms with Crippen molar-refractivity contribution in [1.82, 2.24) is 19.9 Å². The third-order valence-electron chi connectivity index (χ3n) is 5.12. The molecule has 3 heterocycles. The van der Waals surface area contributed by atoms with Gasteiger partial charge in [0.15, 0.2) is 5.82 Å². The third-order valence-corrected chi connectivity index (χ3v) is 5.12. The monoisotopic (exact) mass is 400 g/mol. The van der Waals surface area contributed by atoms with Crippen LogP contribution in [-0.4, -0.2) is 19.9 Å². The Morgan fingerprint density at radius 2 is 1.06 bits per heavy atom. The molecule has 0 spiro atoms. The molecule has 0 saturated carbocycles. The van der Waals surface area contributed by atoms with Crippen molar-refractivity contribution in [2.24, 2.45) is 0 Å². The molecular formula is C27H20N4. The van der Waals surface area contributed by atoms with Gasteiger partial charge in [0.1, 0.15) is 0 Å². The summed E-state index contributed by atoms with van der Waals surface area (Å²) in [6.45, 7) is 2.00. The normalized spacial score (nSPS) is 10.7. The van der Waals surface area contributed by atoms with Crippen LogP contribution < -0.4 is 0 Å². The number of hydrogen-bond donors (Lipinski definition) is 0. The van der Waals surface area contributed by atoms with Gasteiger partial charge in [-0.1, -0.05) is 48.5 Å². The highest BCUT2D eigenvalue weighted by molar-refractivity contribution is 5.73. The number of benzene rings is 2. The first kappa shape index (κ1) is 18.8. The van der Waals surface area contributed by atoms with Crippen LogP contribution in [0.1, 0.15) is 5.69 Å². The summed E-state index contributed by atoms with van der Waals surface area (Å²) in [5, 5.41) is 0. The van der Waals surface area contributed by atoms with Crippen LogP contribution in [-0.2, 0) is 0 Å². The largest absolute Gasteiger partial charge is 0.264 e. The molecule has 0 unspecified atom stereocenters. The molecular weight excluding hydrogens is 380 g/mol. The van der Waals surface area contributed by atoms with Gasteiger partial charge in [0.25, 0.3) is 0 Å². The Morgan fingerprint density at radius 3 is 1.68 bits per heavy atom. The smallest absolute Gasteiger partial charge is 0.160 e. The molecule has 148 valence electrons. The number of nitrogens with zero attached hydrogens (tertiary/aromatic N) is 4. The van der Waals surface area contributed by atoms with Crippen LogP contribution >= 0.6 is 0 Å². The molecule has 0 atom stereocenters. The van der Waals surface area contributed by atoms with E-state index in [-0.39, 0.29) is 0 Å². The summed E-state index contributed by atoms with van der Waals surface area (Å²) < 4.78 is 0. The number of aryl methyl sites for hydroxylation is 1. The standard InChI is InChI=1S/C27H20N4/c1-19-14-26(22-8-2-6-20(15-22)24-10-4-12-28-17-24)31-27(30-19)23-9-3-7-21(16-23)25-11-5-13-29-18-25/h2-18H,1H3. The highest BCUT2D eigenvalue weighted by Crippen LogP contribution is 2.28. The molecule has 0 saturated heterocycles. The minimum Gasteiger partial charge on any atom is -0.264 e. The molecule has 0 bridgehead atoms. The fourth-order valence-corrected chi connectivity index (χ4v) is 3.61. The predicted octanol–water partition coefficient (Wildman–Crippen LogP) is 6.24. The first-order valence-corrected chi connectivity index (χ1v) is 10.1. The topological polar surface area (TPSA) is 51.6 Å². The van der Waals surface area contributed by atoms with E-state index >= 15 is 0 Å². The first-order chi connectivity index (χ1) is 15.3. The maximum absolute atomic E-state index is 4.90. The lowest BCUT2D eigenvalue weighted by Crippen LogP contribution is -1.95. The Hall–Kier alpha value is -4.18. The molecule has 2 aromatic carbocycles. The maximum atomic E-state index is 4.90. The van der Waals surface area contributed by atoms with Crippen molar-refractivity contribution in [3.8, 4) is 44.9 Å². The lowest BCUT2D eigenvalue weighted by molar-refractivity contribution is 1.11. The van der Waals surface area contributed by atoms with E-state index in [1.54, 1.807) is 12.4 Å². The number of hydrogen-bond acceptors (Lipinski definition) is 4. The van der Waals surface area contributed by atoms with Gasteiger partial charge in [-0.3, -0.25) is 9.97 Å². The molecule has 0 radical (unpaired) electrons. The second-order valence-electron chi connectivity index (χ2n) is 7.36. The lowest BCUT2D eigenvalue weighted by Gasteiger charge is -2.09. The Balaban J connectivity index is 1.56. The van der Waals surface area contributed by atoms with Gasteiger partial charge in [-0.2, -0.15) is 0 Å². The van der Waals surface area contributed by atoms with E-state index in [1.807, 2.05) is 49.6 Å². The van der Waals surface area contributed by atoms with E-state index in [4.69, 9.17) is 9.97 Å². The van der Waals surface area contributed by atoms with Crippen LogP contribution in [0.25, 0.3) is 44.9 Å². The molecule has 0 aliphatic heterocycles. The molecule has 0 N–H and O–H groups in total. The van der Waals surface area contributed by atoms with E-state index in [0.29, 0.717) is 5.82 Å². The van der Waals surface area contributed by atoms with Gasteiger partial charge in [0.05, 0.1) is 5.69 Å². The molecule has 4 nitrogen and oxygen atoms in total. The van der Waals surface area contributed by atoms with E-state index in [0.717, 1.165) is 44.8 Å². The Bertz CT molecular complexity index is 1230. The Kier molecular flexibility index (Phi) is 5.03. The number of aromatic nitrogens is 4. The van der Waals surface area contributed by atoms with Crippen LogP contribution in [0.3, 0.4) is 0 Å². The minimum absolute atomic E-state index is 0.715. The zero-order valence-corrected chi connectivity index (χ0v) is 17.1. The predicted molar refractivity (Wildman–Crippen MR) is 124 cm³/mol. The van der Waals surface area contributed by atoms with Gasteiger partial charge >= 0.3 is 0 Å². The van der Waals surface area contributed by atoms with E-state index in [2.05, 4.69) is 58.5 Å². The van der Waals surface area contributed by atoms with Crippen LogP contribution in [0.5, 0.6) is 0 Å². The molecule has 0 aliphatic carbocycles. The molecule has 0 amide bonds. The van der Waals surface area contributed by atoms with Crippen LogP contribution in [0, 0.1) is 6.92 Å². The Morgan fingerprint density at radius 1 is 0.516 bits per heavy atom. The zero-order chi connectivity index (χ0) is 21.0. The molecule has 4 heteroatoms. The average molecular weight is 400 g/mol. The molecule has 0 fully saturated rings. The summed E-state index contributed by atoms with van der Waals surface area (Å²) in [5.74, 6) is 0.715. The summed E-state index contributed by atoms with van der Waals surface area (Å²) in [6, 6.07) is 26.7. The van der Waals surface area contributed by atoms with Crippen LogP contribution in [0.4, 0.5) is 0 Å². The van der Waals surface area contributed by atoms with E-state index < -0.39 is 0 Å². The number of pyridine rings is 2. The SMILES string of the molecule is Cc1cc(-c2cccc(-c3cccnc3)c2)nc(-c2cccc(-c3cccnc3)c2)n1. The van der Waals surface area contributed by atoms with Crippen molar-refractivity contribution in [3.05, 3.63) is 109 Å². The Labute approximate surface area is 181 Å². The van der Waals surface area contributed by atoms with Crippen LogP contribution in [0.2, 0.25) is 0 Å². The summed E-state index contributed by atoms with van der Waals surface area (Å²) in [7, 11) is 0. The summed E-state index contributed by atoms with van der Waals surface area (Å²) in [5.41, 5.74) is 8.23. The molecule has 3 aromatic heterocycles. The van der Waals surface area contributed by atoms with Crippen LogP contribution in [0.15, 0.2) is 104 Å². The summed E-state index contributed by atoms with van der Waals surface area (Å²) in [4.78, 5) is 18.1. The fraction of sp³-hybridized carbons (Fsp3) is 0.0370. The zero-order valence-electron chi connectivity index (χ0n) is 17.1. The summed E-state index contributed by atoms with van der Waals surface area (Å²) in [6.07, 6.45) is 7.31. The van der Waals surface area contributed by atoms with Gasteiger partial charge in [-0.05, 0) is 48.4 Å². The van der Waals surface area contributed by atoms with Crippen molar-refractivity contribution in [2.45, 2.75) is 6.92 Å². The fourth-order valence-electron chi connectivity index (χ4n) is 3.61. The van der Waals surface area contributed by atoms with Gasteiger partial charge in [-0.25, -0.2) is 9.97 Å². The third kappa shape index (κ3) is 4.09. The van der Waals surface area contributed by atoms with E-state index in [1.165, 1.54) is 0 Å². The van der Waals surface area contributed by atoms with Crippen molar-refractivity contribution in [3.63, 3.8) is 0 Å². The highest BCUT2D eigenvalue weighted by atomic mass is 14.9. The van der Waals surface area contributed by atoms with Crippen molar-refractivity contribution in [1.29, 1.82) is 0 Å². The average Bonchev–Trinajstić information content (AvgIpc) is 2.85. The summed E-state index contributed by atoms with van der Waals surface area (Å²) >= 11 is 0.